The van der Waals surface area contributed by atoms with Crippen LogP contribution in [0.4, 0.5) is 0 Å². The molecule has 146 valence electrons. The molecule has 3 heterocycles. The number of hydrogen-bond acceptors (Lipinski definition) is 6. The number of fused-ring (bicyclic) bond motifs is 1. The number of benzene rings is 1. The molecule has 0 bridgehead atoms. The molecule has 1 fully saturated rings. The van der Waals surface area contributed by atoms with Crippen molar-refractivity contribution in [2.24, 2.45) is 7.05 Å². The molecule has 29 heavy (non-hydrogen) atoms. The van der Waals surface area contributed by atoms with E-state index in [1.165, 1.54) is 0 Å². The molecule has 9 heteroatoms. The summed E-state index contributed by atoms with van der Waals surface area (Å²) in [4.78, 5) is 21.1. The van der Waals surface area contributed by atoms with Gasteiger partial charge in [0.05, 0.1) is 11.0 Å². The first-order valence-corrected chi connectivity index (χ1v) is 9.54. The highest BCUT2D eigenvalue weighted by molar-refractivity contribution is 5.97. The number of carbonyl (C=O) groups is 1. The van der Waals surface area contributed by atoms with Gasteiger partial charge in [-0.25, -0.2) is 0 Å². The number of nitrogens with one attached hydrogen (secondary N) is 1. The second-order valence-corrected chi connectivity index (χ2v) is 7.34. The van der Waals surface area contributed by atoms with Crippen molar-refractivity contribution < 1.29 is 4.79 Å². The molecule has 1 aliphatic carbocycles. The van der Waals surface area contributed by atoms with E-state index in [2.05, 4.69) is 30.6 Å². The highest BCUT2D eigenvalue weighted by Crippen LogP contribution is 2.36. The molecule has 0 saturated heterocycles. The molecular formula is C20H20N8O. The third kappa shape index (κ3) is 3.35. The maximum Gasteiger partial charge on any atom is 0.251 e. The first-order chi connectivity index (χ1) is 14.2. The van der Waals surface area contributed by atoms with Crippen LogP contribution in [-0.2, 0) is 13.6 Å². The maximum atomic E-state index is 12.6. The highest BCUT2D eigenvalue weighted by Gasteiger charge is 2.35. The smallest absolute Gasteiger partial charge is 0.251 e. The van der Waals surface area contributed by atoms with Gasteiger partial charge in [-0.3, -0.25) is 19.4 Å². The van der Waals surface area contributed by atoms with Gasteiger partial charge >= 0.3 is 0 Å². The van der Waals surface area contributed by atoms with E-state index in [0.29, 0.717) is 18.0 Å². The zero-order valence-corrected chi connectivity index (χ0v) is 15.9. The summed E-state index contributed by atoms with van der Waals surface area (Å²) in [7, 11) is 1.98. The molecule has 0 unspecified atom stereocenters. The Bertz CT molecular complexity index is 1160. The van der Waals surface area contributed by atoms with Crippen LogP contribution < -0.4 is 5.32 Å². The Kier molecular flexibility index (Phi) is 4.27. The van der Waals surface area contributed by atoms with Crippen molar-refractivity contribution >= 4 is 16.9 Å². The molecule has 4 aromatic rings. The Morgan fingerprint density at radius 3 is 2.76 bits per heavy atom. The van der Waals surface area contributed by atoms with Gasteiger partial charge in [0.25, 0.3) is 5.91 Å². The van der Waals surface area contributed by atoms with Gasteiger partial charge in [-0.2, -0.15) is 5.10 Å². The van der Waals surface area contributed by atoms with Crippen LogP contribution in [0.25, 0.3) is 11.0 Å². The molecule has 1 saturated carbocycles. The van der Waals surface area contributed by atoms with Crippen molar-refractivity contribution in [3.63, 3.8) is 0 Å². The molecule has 0 aliphatic heterocycles. The molecule has 1 aromatic carbocycles. The molecule has 0 atom stereocenters. The number of aromatic nitrogens is 7. The zero-order chi connectivity index (χ0) is 19.8. The number of nitrogens with zero attached hydrogens (tertiary/aromatic N) is 7. The van der Waals surface area contributed by atoms with E-state index >= 15 is 0 Å². The lowest BCUT2D eigenvalue weighted by Crippen LogP contribution is -2.44. The van der Waals surface area contributed by atoms with E-state index in [9.17, 15) is 4.79 Å². The van der Waals surface area contributed by atoms with Crippen molar-refractivity contribution in [3.05, 3.63) is 66.3 Å². The topological polar surface area (TPSA) is 103 Å². The summed E-state index contributed by atoms with van der Waals surface area (Å²) >= 11 is 0. The molecule has 0 radical (unpaired) electrons. The largest absolute Gasteiger partial charge is 0.349 e. The predicted octanol–water partition coefficient (Wildman–Crippen LogP) is 1.68. The summed E-state index contributed by atoms with van der Waals surface area (Å²) in [5.74, 6) is 2.04. The third-order valence-corrected chi connectivity index (χ3v) is 5.43. The van der Waals surface area contributed by atoms with Crippen LogP contribution in [0.1, 0.15) is 40.8 Å². The van der Waals surface area contributed by atoms with Crippen molar-refractivity contribution in [2.75, 3.05) is 0 Å². The van der Waals surface area contributed by atoms with Crippen LogP contribution >= 0.6 is 0 Å². The second kappa shape index (κ2) is 7.08. The normalized spacial score (nSPS) is 18.5. The van der Waals surface area contributed by atoms with Crippen LogP contribution in [0.5, 0.6) is 0 Å². The zero-order valence-electron chi connectivity index (χ0n) is 15.9. The summed E-state index contributed by atoms with van der Waals surface area (Å²) in [5.41, 5.74) is 2.10. The third-order valence-electron chi connectivity index (χ3n) is 5.43. The average molecular weight is 388 g/mol. The van der Waals surface area contributed by atoms with Crippen LogP contribution in [-0.4, -0.2) is 46.5 Å². The van der Waals surface area contributed by atoms with E-state index in [-0.39, 0.29) is 11.9 Å². The predicted molar refractivity (Wildman–Crippen MR) is 105 cm³/mol. The average Bonchev–Trinajstić information content (AvgIpc) is 3.35. The first kappa shape index (κ1) is 17.5. The molecule has 1 N–H and O–H groups in total. The molecule has 1 aliphatic rings. The standard InChI is InChI=1S/C20H20N8O/c1-27-18(12-28-8-2-5-23-28)25-26-19(27)14-9-15(10-14)24-20(29)13-3-4-16-17(11-13)22-7-6-21-16/h2-8,11,14-15H,9-10,12H2,1H3,(H,24,29). The summed E-state index contributed by atoms with van der Waals surface area (Å²) in [6.07, 6.45) is 8.63. The minimum absolute atomic E-state index is 0.0849. The fraction of sp³-hybridized carbons (Fsp3) is 0.300. The van der Waals surface area contributed by atoms with Crippen molar-refractivity contribution in [1.29, 1.82) is 0 Å². The van der Waals surface area contributed by atoms with Gasteiger partial charge in [0.2, 0.25) is 0 Å². The highest BCUT2D eigenvalue weighted by atomic mass is 16.1. The fourth-order valence-electron chi connectivity index (χ4n) is 3.73. The Labute approximate surface area is 166 Å². The van der Waals surface area contributed by atoms with Gasteiger partial charge in [-0.1, -0.05) is 0 Å². The van der Waals surface area contributed by atoms with Gasteiger partial charge in [0.1, 0.15) is 12.4 Å². The number of rotatable bonds is 5. The minimum Gasteiger partial charge on any atom is -0.349 e. The van der Waals surface area contributed by atoms with Crippen LogP contribution in [0, 0.1) is 0 Å². The summed E-state index contributed by atoms with van der Waals surface area (Å²) < 4.78 is 3.86. The Hall–Kier alpha value is -3.62. The van der Waals surface area contributed by atoms with E-state index < -0.39 is 0 Å². The number of carbonyl (C=O) groups excluding carboxylic acids is 1. The van der Waals surface area contributed by atoms with Crippen molar-refractivity contribution in [2.45, 2.75) is 31.3 Å². The minimum atomic E-state index is -0.0849. The lowest BCUT2D eigenvalue weighted by atomic mass is 9.79. The van der Waals surface area contributed by atoms with Crippen molar-refractivity contribution in [1.82, 2.24) is 39.8 Å². The van der Waals surface area contributed by atoms with E-state index in [4.69, 9.17) is 0 Å². The quantitative estimate of drug-likeness (QED) is 0.558. The Morgan fingerprint density at radius 1 is 1.14 bits per heavy atom. The molecular weight excluding hydrogens is 368 g/mol. The summed E-state index contributed by atoms with van der Waals surface area (Å²) in [6, 6.07) is 7.40. The van der Waals surface area contributed by atoms with Gasteiger partial charge in [-0.15, -0.1) is 10.2 Å². The Balaban J connectivity index is 1.21. The Morgan fingerprint density at radius 2 is 1.97 bits per heavy atom. The second-order valence-electron chi connectivity index (χ2n) is 7.34. The van der Waals surface area contributed by atoms with E-state index in [1.54, 1.807) is 30.7 Å². The number of amides is 1. The molecule has 5 rings (SSSR count). The van der Waals surface area contributed by atoms with Crippen LogP contribution in [0.2, 0.25) is 0 Å². The lowest BCUT2D eigenvalue weighted by Gasteiger charge is -2.35. The van der Waals surface area contributed by atoms with E-state index in [1.807, 2.05) is 34.6 Å². The lowest BCUT2D eigenvalue weighted by molar-refractivity contribution is 0.0907. The monoisotopic (exact) mass is 388 g/mol. The number of hydrogen-bond donors (Lipinski definition) is 1. The summed E-state index contributed by atoms with van der Waals surface area (Å²) in [5, 5.41) is 16.0. The van der Waals surface area contributed by atoms with Crippen molar-refractivity contribution in [3.8, 4) is 0 Å². The molecule has 0 spiro atoms. The maximum absolute atomic E-state index is 12.6. The van der Waals surface area contributed by atoms with E-state index in [0.717, 1.165) is 35.5 Å². The SMILES string of the molecule is Cn1c(Cn2cccn2)nnc1C1CC(NC(=O)c2ccc3nccnc3c2)C1. The van der Waals surface area contributed by atoms with Gasteiger partial charge in [-0.05, 0) is 37.1 Å². The van der Waals surface area contributed by atoms with Crippen LogP contribution in [0.15, 0.2) is 49.1 Å². The molecule has 9 nitrogen and oxygen atoms in total. The molecule has 1 amide bonds. The van der Waals surface area contributed by atoms with Gasteiger partial charge in [0, 0.05) is 49.4 Å². The van der Waals surface area contributed by atoms with Crippen LogP contribution in [0.3, 0.4) is 0 Å². The summed E-state index contributed by atoms with van der Waals surface area (Å²) in [6.45, 7) is 0.592. The fourth-order valence-corrected chi connectivity index (χ4v) is 3.73. The first-order valence-electron chi connectivity index (χ1n) is 9.54. The molecule has 3 aromatic heterocycles. The van der Waals surface area contributed by atoms with Gasteiger partial charge in [0.15, 0.2) is 5.82 Å². The van der Waals surface area contributed by atoms with Gasteiger partial charge < -0.3 is 9.88 Å².